The zero-order valence-corrected chi connectivity index (χ0v) is 10.5. The summed E-state index contributed by atoms with van der Waals surface area (Å²) < 4.78 is 0. The fourth-order valence-electron chi connectivity index (χ4n) is 3.71. The topological polar surface area (TPSA) is 18.5 Å². The summed E-state index contributed by atoms with van der Waals surface area (Å²) in [6, 6.07) is 1.79. The molecule has 1 saturated carbocycles. The number of rotatable bonds is 2. The largest absolute Gasteiger partial charge is 0.314 e. The molecule has 16 heavy (non-hydrogen) atoms. The van der Waals surface area contributed by atoms with Crippen LogP contribution in [0.3, 0.4) is 0 Å². The van der Waals surface area contributed by atoms with Crippen molar-refractivity contribution in [1.82, 2.24) is 15.1 Å². The van der Waals surface area contributed by atoms with Gasteiger partial charge in [0.1, 0.15) is 0 Å². The first kappa shape index (κ1) is 11.0. The average Bonchev–Trinajstić information content (AvgIpc) is 2.65. The highest BCUT2D eigenvalue weighted by Gasteiger charge is 2.39. The highest BCUT2D eigenvalue weighted by molar-refractivity contribution is 4.95. The van der Waals surface area contributed by atoms with E-state index in [1.807, 2.05) is 0 Å². The second-order valence-electron chi connectivity index (χ2n) is 5.87. The van der Waals surface area contributed by atoms with Crippen molar-refractivity contribution < 1.29 is 0 Å². The number of nitrogens with zero attached hydrogens (tertiary/aromatic N) is 2. The van der Waals surface area contributed by atoms with E-state index >= 15 is 0 Å². The second-order valence-corrected chi connectivity index (χ2v) is 5.87. The van der Waals surface area contributed by atoms with Crippen molar-refractivity contribution in [2.75, 3.05) is 39.3 Å². The summed E-state index contributed by atoms with van der Waals surface area (Å²) in [5, 5.41) is 3.44. The van der Waals surface area contributed by atoms with Gasteiger partial charge < -0.3 is 5.32 Å². The van der Waals surface area contributed by atoms with Crippen molar-refractivity contribution in [2.24, 2.45) is 5.92 Å². The molecule has 3 nitrogen and oxygen atoms in total. The highest BCUT2D eigenvalue weighted by atomic mass is 15.3. The Morgan fingerprint density at radius 2 is 1.75 bits per heavy atom. The van der Waals surface area contributed by atoms with Crippen LogP contribution in [0.4, 0.5) is 0 Å². The first-order valence-corrected chi connectivity index (χ1v) is 7.03. The summed E-state index contributed by atoms with van der Waals surface area (Å²) >= 11 is 0. The predicted octanol–water partition coefficient (Wildman–Crippen LogP) is 0.764. The Morgan fingerprint density at radius 3 is 2.38 bits per heavy atom. The van der Waals surface area contributed by atoms with Gasteiger partial charge in [-0.3, -0.25) is 9.80 Å². The molecule has 2 saturated heterocycles. The van der Waals surface area contributed by atoms with Crippen molar-refractivity contribution in [2.45, 2.75) is 38.3 Å². The minimum Gasteiger partial charge on any atom is -0.314 e. The zero-order valence-electron chi connectivity index (χ0n) is 10.5. The van der Waals surface area contributed by atoms with E-state index in [-0.39, 0.29) is 0 Å². The fourth-order valence-corrected chi connectivity index (χ4v) is 3.71. The summed E-state index contributed by atoms with van der Waals surface area (Å²) in [6.45, 7) is 10.0. The quantitative estimate of drug-likeness (QED) is 0.746. The Kier molecular flexibility index (Phi) is 3.18. The van der Waals surface area contributed by atoms with E-state index in [0.717, 1.165) is 18.0 Å². The third-order valence-electron chi connectivity index (χ3n) is 4.84. The summed E-state index contributed by atoms with van der Waals surface area (Å²) in [7, 11) is 0. The van der Waals surface area contributed by atoms with Crippen LogP contribution in [-0.4, -0.2) is 61.2 Å². The van der Waals surface area contributed by atoms with Crippen LogP contribution in [0.2, 0.25) is 0 Å². The van der Waals surface area contributed by atoms with Crippen LogP contribution in [-0.2, 0) is 0 Å². The molecule has 3 heteroatoms. The van der Waals surface area contributed by atoms with Crippen LogP contribution in [0, 0.1) is 5.92 Å². The molecule has 0 aromatic rings. The summed E-state index contributed by atoms with van der Waals surface area (Å²) in [4.78, 5) is 5.43. The van der Waals surface area contributed by atoms with Gasteiger partial charge in [0.2, 0.25) is 0 Å². The van der Waals surface area contributed by atoms with Gasteiger partial charge >= 0.3 is 0 Å². The van der Waals surface area contributed by atoms with E-state index in [1.54, 1.807) is 0 Å². The van der Waals surface area contributed by atoms with Crippen molar-refractivity contribution in [3.63, 3.8) is 0 Å². The molecule has 2 aliphatic heterocycles. The van der Waals surface area contributed by atoms with Crippen LogP contribution in [0.1, 0.15) is 26.2 Å². The Hall–Kier alpha value is -0.120. The molecule has 0 spiro atoms. The summed E-state index contributed by atoms with van der Waals surface area (Å²) in [6.07, 6.45) is 4.37. The summed E-state index contributed by atoms with van der Waals surface area (Å²) in [5.74, 6) is 0.948. The van der Waals surface area contributed by atoms with Crippen molar-refractivity contribution in [1.29, 1.82) is 0 Å². The SMILES string of the molecule is CC1CCCC1N1CC(N2CCNCC2)C1. The molecule has 3 aliphatic rings. The van der Waals surface area contributed by atoms with Gasteiger partial charge in [-0.2, -0.15) is 0 Å². The second kappa shape index (κ2) is 4.63. The molecule has 0 bridgehead atoms. The Labute approximate surface area is 99.2 Å². The molecule has 92 valence electrons. The molecule has 3 fully saturated rings. The molecule has 1 aliphatic carbocycles. The van der Waals surface area contributed by atoms with Gasteiger partial charge in [-0.25, -0.2) is 0 Å². The smallest absolute Gasteiger partial charge is 0.0351 e. The average molecular weight is 223 g/mol. The third kappa shape index (κ3) is 2.01. The number of hydrogen-bond acceptors (Lipinski definition) is 3. The lowest BCUT2D eigenvalue weighted by atomic mass is 9.97. The number of nitrogens with one attached hydrogen (secondary N) is 1. The fraction of sp³-hybridized carbons (Fsp3) is 1.00. The molecule has 0 aromatic carbocycles. The molecular formula is C13H25N3. The molecule has 2 unspecified atom stereocenters. The van der Waals surface area contributed by atoms with Crippen LogP contribution < -0.4 is 5.32 Å². The lowest BCUT2D eigenvalue weighted by Gasteiger charge is -2.50. The van der Waals surface area contributed by atoms with Crippen LogP contribution in [0.5, 0.6) is 0 Å². The van der Waals surface area contributed by atoms with E-state index in [1.165, 1.54) is 58.5 Å². The van der Waals surface area contributed by atoms with Gasteiger partial charge in [-0.15, -0.1) is 0 Å². The Bertz CT molecular complexity index is 231. The molecule has 1 N–H and O–H groups in total. The maximum absolute atomic E-state index is 3.44. The molecule has 0 radical (unpaired) electrons. The van der Waals surface area contributed by atoms with Gasteiger partial charge in [-0.05, 0) is 18.8 Å². The standard InChI is InChI=1S/C13H25N3/c1-11-3-2-4-13(11)16-9-12(10-16)15-7-5-14-6-8-15/h11-14H,2-10H2,1H3. The maximum Gasteiger partial charge on any atom is 0.0351 e. The monoisotopic (exact) mass is 223 g/mol. The van der Waals surface area contributed by atoms with Crippen molar-refractivity contribution >= 4 is 0 Å². The van der Waals surface area contributed by atoms with Crippen LogP contribution >= 0.6 is 0 Å². The molecule has 0 amide bonds. The normalized spacial score (nSPS) is 38.8. The van der Waals surface area contributed by atoms with Gasteiger partial charge in [0, 0.05) is 51.4 Å². The van der Waals surface area contributed by atoms with Crippen molar-refractivity contribution in [3.05, 3.63) is 0 Å². The van der Waals surface area contributed by atoms with Crippen LogP contribution in [0.15, 0.2) is 0 Å². The van der Waals surface area contributed by atoms with Gasteiger partial charge in [-0.1, -0.05) is 13.3 Å². The minimum absolute atomic E-state index is 0.870. The van der Waals surface area contributed by atoms with E-state index in [9.17, 15) is 0 Å². The van der Waals surface area contributed by atoms with E-state index in [0.29, 0.717) is 0 Å². The Balaban J connectivity index is 1.46. The first-order chi connectivity index (χ1) is 7.84. The minimum atomic E-state index is 0.870. The lowest BCUT2D eigenvalue weighted by molar-refractivity contribution is -0.00864. The Morgan fingerprint density at radius 1 is 1.00 bits per heavy atom. The predicted molar refractivity (Wildman–Crippen MR) is 66.6 cm³/mol. The third-order valence-corrected chi connectivity index (χ3v) is 4.84. The first-order valence-electron chi connectivity index (χ1n) is 7.03. The highest BCUT2D eigenvalue weighted by Crippen LogP contribution is 2.33. The van der Waals surface area contributed by atoms with Crippen LogP contribution in [0.25, 0.3) is 0 Å². The molecule has 2 atom stereocenters. The van der Waals surface area contributed by atoms with E-state index < -0.39 is 0 Å². The number of likely N-dealkylation sites (tertiary alicyclic amines) is 1. The zero-order chi connectivity index (χ0) is 11.0. The number of piperazine rings is 1. The van der Waals surface area contributed by atoms with Gasteiger partial charge in [0.15, 0.2) is 0 Å². The molecule has 2 heterocycles. The maximum atomic E-state index is 3.44. The van der Waals surface area contributed by atoms with E-state index in [2.05, 4.69) is 22.0 Å². The van der Waals surface area contributed by atoms with Gasteiger partial charge in [0.05, 0.1) is 0 Å². The number of hydrogen-bond donors (Lipinski definition) is 1. The van der Waals surface area contributed by atoms with E-state index in [4.69, 9.17) is 0 Å². The van der Waals surface area contributed by atoms with Gasteiger partial charge in [0.25, 0.3) is 0 Å². The van der Waals surface area contributed by atoms with Crippen molar-refractivity contribution in [3.8, 4) is 0 Å². The summed E-state index contributed by atoms with van der Waals surface area (Å²) in [5.41, 5.74) is 0. The lowest BCUT2D eigenvalue weighted by Crippen LogP contribution is -2.65. The molecule has 0 aromatic heterocycles. The molecule has 3 rings (SSSR count). The molecular weight excluding hydrogens is 198 g/mol.